The maximum absolute atomic E-state index is 11.1. The molecule has 0 radical (unpaired) electrons. The number of aliphatic carboxylic acids is 1. The first-order chi connectivity index (χ1) is 5.40. The highest BCUT2D eigenvalue weighted by atomic mass is 32.2. The minimum atomic E-state index is -3.35. The Labute approximate surface area is 72.0 Å². The van der Waals surface area contributed by atoms with Crippen molar-refractivity contribution in [3.05, 3.63) is 0 Å². The monoisotopic (exact) mass is 195 g/mol. The molecule has 12 heavy (non-hydrogen) atoms. The lowest BCUT2D eigenvalue weighted by Gasteiger charge is -2.13. The Kier molecular flexibility index (Phi) is 4.19. The Morgan fingerprint density at radius 1 is 1.50 bits per heavy atom. The van der Waals surface area contributed by atoms with Gasteiger partial charge in [0, 0.05) is 13.6 Å². The van der Waals surface area contributed by atoms with Crippen LogP contribution in [0.3, 0.4) is 0 Å². The quantitative estimate of drug-likeness (QED) is 0.656. The maximum Gasteiger partial charge on any atom is 0.304 e. The number of carboxylic acid groups (broad SMARTS) is 1. The van der Waals surface area contributed by atoms with Crippen LogP contribution in [0, 0.1) is 0 Å². The van der Waals surface area contributed by atoms with Crippen molar-refractivity contribution in [2.75, 3.05) is 19.3 Å². The second-order valence-electron chi connectivity index (χ2n) is 2.37. The standard InChI is InChI=1S/C6H13NO4S/c1-3-7(2)12(10,11)5-4-6(8)9/h3-5H2,1-2H3,(H,8,9). The molecule has 5 nitrogen and oxygen atoms in total. The van der Waals surface area contributed by atoms with E-state index in [1.54, 1.807) is 6.92 Å². The third-order valence-corrected chi connectivity index (χ3v) is 3.42. The molecule has 0 aromatic rings. The summed E-state index contributed by atoms with van der Waals surface area (Å²) < 4.78 is 23.4. The first kappa shape index (κ1) is 11.4. The molecule has 72 valence electrons. The van der Waals surface area contributed by atoms with E-state index in [-0.39, 0.29) is 12.2 Å². The van der Waals surface area contributed by atoms with Crippen LogP contribution in [0.4, 0.5) is 0 Å². The lowest BCUT2D eigenvalue weighted by atomic mass is 10.5. The van der Waals surface area contributed by atoms with Crippen LogP contribution < -0.4 is 0 Å². The average molecular weight is 195 g/mol. The third kappa shape index (κ3) is 3.68. The third-order valence-electron chi connectivity index (χ3n) is 1.49. The predicted octanol–water partition coefficient (Wildman–Crippen LogP) is -0.257. The van der Waals surface area contributed by atoms with Gasteiger partial charge in [0.1, 0.15) is 0 Å². The Hall–Kier alpha value is -0.620. The fraction of sp³-hybridized carbons (Fsp3) is 0.833. The number of carboxylic acids is 1. The highest BCUT2D eigenvalue weighted by Crippen LogP contribution is 1.99. The summed E-state index contributed by atoms with van der Waals surface area (Å²) in [5.74, 6) is -1.42. The maximum atomic E-state index is 11.1. The number of sulfonamides is 1. The minimum absolute atomic E-state index is 0.327. The number of rotatable bonds is 5. The Balaban J connectivity index is 4.15. The Morgan fingerprint density at radius 3 is 2.33 bits per heavy atom. The van der Waals surface area contributed by atoms with Gasteiger partial charge < -0.3 is 5.11 Å². The lowest BCUT2D eigenvalue weighted by Crippen LogP contribution is -2.29. The molecule has 0 aromatic carbocycles. The van der Waals surface area contributed by atoms with Gasteiger partial charge in [-0.15, -0.1) is 0 Å². The molecule has 0 aliphatic heterocycles. The molecular formula is C6H13NO4S. The molecular weight excluding hydrogens is 182 g/mol. The summed E-state index contributed by atoms with van der Waals surface area (Å²) in [5.41, 5.74) is 0. The van der Waals surface area contributed by atoms with Crippen LogP contribution in [-0.4, -0.2) is 43.1 Å². The second kappa shape index (κ2) is 4.42. The number of carbonyl (C=O) groups is 1. The molecule has 0 rings (SSSR count). The fourth-order valence-corrected chi connectivity index (χ4v) is 1.71. The molecule has 0 saturated heterocycles. The fourth-order valence-electron chi connectivity index (χ4n) is 0.569. The van der Waals surface area contributed by atoms with Gasteiger partial charge in [-0.25, -0.2) is 12.7 Å². The summed E-state index contributed by atoms with van der Waals surface area (Å²) in [7, 11) is -1.93. The SMILES string of the molecule is CCN(C)S(=O)(=O)CCC(=O)O. The van der Waals surface area contributed by atoms with Gasteiger partial charge in [0.15, 0.2) is 0 Å². The van der Waals surface area contributed by atoms with E-state index in [1.807, 2.05) is 0 Å². The van der Waals surface area contributed by atoms with E-state index >= 15 is 0 Å². The van der Waals surface area contributed by atoms with Crippen molar-refractivity contribution in [2.24, 2.45) is 0 Å². The van der Waals surface area contributed by atoms with Gasteiger partial charge in [-0.3, -0.25) is 4.79 Å². The van der Waals surface area contributed by atoms with Gasteiger partial charge in [0.2, 0.25) is 10.0 Å². The molecule has 0 fully saturated rings. The van der Waals surface area contributed by atoms with Crippen molar-refractivity contribution >= 4 is 16.0 Å². The van der Waals surface area contributed by atoms with Gasteiger partial charge in [-0.1, -0.05) is 6.92 Å². The smallest absolute Gasteiger partial charge is 0.304 e. The van der Waals surface area contributed by atoms with Crippen molar-refractivity contribution in [2.45, 2.75) is 13.3 Å². The zero-order valence-electron chi connectivity index (χ0n) is 7.15. The van der Waals surface area contributed by atoms with Crippen molar-refractivity contribution in [1.82, 2.24) is 4.31 Å². The molecule has 6 heteroatoms. The van der Waals surface area contributed by atoms with E-state index in [0.717, 1.165) is 4.31 Å². The molecule has 0 unspecified atom stereocenters. The molecule has 0 atom stereocenters. The summed E-state index contributed by atoms with van der Waals surface area (Å²) >= 11 is 0. The molecule has 0 spiro atoms. The van der Waals surface area contributed by atoms with Crippen LogP contribution in [0.25, 0.3) is 0 Å². The molecule has 0 aliphatic carbocycles. The molecule has 0 heterocycles. The normalized spacial score (nSPS) is 11.9. The van der Waals surface area contributed by atoms with E-state index in [0.29, 0.717) is 6.54 Å². The van der Waals surface area contributed by atoms with Crippen molar-refractivity contribution < 1.29 is 18.3 Å². The van der Waals surface area contributed by atoms with Crippen molar-refractivity contribution in [3.8, 4) is 0 Å². The Bertz CT molecular complexity index is 246. The molecule has 0 aliphatic rings. The van der Waals surface area contributed by atoms with Gasteiger partial charge in [-0.05, 0) is 0 Å². The van der Waals surface area contributed by atoms with Crippen LogP contribution in [0.1, 0.15) is 13.3 Å². The van der Waals surface area contributed by atoms with Crippen LogP contribution in [-0.2, 0) is 14.8 Å². The average Bonchev–Trinajstić information content (AvgIpc) is 1.99. The van der Waals surface area contributed by atoms with E-state index in [1.165, 1.54) is 7.05 Å². The zero-order valence-corrected chi connectivity index (χ0v) is 7.97. The first-order valence-corrected chi connectivity index (χ1v) is 5.17. The highest BCUT2D eigenvalue weighted by molar-refractivity contribution is 7.89. The number of hydrogen-bond acceptors (Lipinski definition) is 3. The number of nitrogens with zero attached hydrogens (tertiary/aromatic N) is 1. The minimum Gasteiger partial charge on any atom is -0.481 e. The topological polar surface area (TPSA) is 74.7 Å². The van der Waals surface area contributed by atoms with Crippen LogP contribution in [0.5, 0.6) is 0 Å². The van der Waals surface area contributed by atoms with Crippen molar-refractivity contribution in [1.29, 1.82) is 0 Å². The van der Waals surface area contributed by atoms with E-state index in [4.69, 9.17) is 5.11 Å². The zero-order chi connectivity index (χ0) is 9.78. The van der Waals surface area contributed by atoms with Crippen LogP contribution in [0.2, 0.25) is 0 Å². The van der Waals surface area contributed by atoms with Crippen LogP contribution >= 0.6 is 0 Å². The van der Waals surface area contributed by atoms with E-state index < -0.39 is 16.0 Å². The highest BCUT2D eigenvalue weighted by Gasteiger charge is 2.16. The molecule has 1 N–H and O–H groups in total. The van der Waals surface area contributed by atoms with Gasteiger partial charge >= 0.3 is 5.97 Å². The van der Waals surface area contributed by atoms with E-state index in [2.05, 4.69) is 0 Å². The molecule has 0 bridgehead atoms. The summed E-state index contributed by atoms with van der Waals surface area (Å²) in [6.07, 6.45) is -0.341. The lowest BCUT2D eigenvalue weighted by molar-refractivity contribution is -0.136. The summed E-state index contributed by atoms with van der Waals surface area (Å²) in [4.78, 5) is 10.1. The molecule has 0 saturated carbocycles. The largest absolute Gasteiger partial charge is 0.481 e. The second-order valence-corrected chi connectivity index (χ2v) is 4.57. The van der Waals surface area contributed by atoms with E-state index in [9.17, 15) is 13.2 Å². The predicted molar refractivity (Wildman–Crippen MR) is 44.3 cm³/mol. The Morgan fingerprint density at radius 2 is 2.00 bits per heavy atom. The summed E-state index contributed by atoms with van der Waals surface area (Å²) in [5, 5.41) is 8.25. The van der Waals surface area contributed by atoms with Gasteiger partial charge in [-0.2, -0.15) is 0 Å². The number of hydrogen-bond donors (Lipinski definition) is 1. The summed E-state index contributed by atoms with van der Waals surface area (Å²) in [6, 6.07) is 0. The van der Waals surface area contributed by atoms with Crippen molar-refractivity contribution in [3.63, 3.8) is 0 Å². The molecule has 0 aromatic heterocycles. The first-order valence-electron chi connectivity index (χ1n) is 3.56. The summed E-state index contributed by atoms with van der Waals surface area (Å²) in [6.45, 7) is 2.06. The molecule has 0 amide bonds. The van der Waals surface area contributed by atoms with Gasteiger partial charge in [0.25, 0.3) is 0 Å². The van der Waals surface area contributed by atoms with Crippen LogP contribution in [0.15, 0.2) is 0 Å². The van der Waals surface area contributed by atoms with Gasteiger partial charge in [0.05, 0.1) is 12.2 Å².